The van der Waals surface area contributed by atoms with Crippen molar-refractivity contribution >= 4 is 17.4 Å². The van der Waals surface area contributed by atoms with Crippen LogP contribution in [0.2, 0.25) is 0 Å². The predicted molar refractivity (Wildman–Crippen MR) is 99.7 cm³/mol. The van der Waals surface area contributed by atoms with E-state index < -0.39 is 0 Å². The molecule has 1 fully saturated rings. The molecule has 142 valence electrons. The fourth-order valence-electron chi connectivity index (χ4n) is 3.02. The Morgan fingerprint density at radius 1 is 1.11 bits per heavy atom. The van der Waals surface area contributed by atoms with Crippen LogP contribution in [0.15, 0.2) is 36.5 Å². The van der Waals surface area contributed by atoms with Crippen molar-refractivity contribution in [2.45, 2.75) is 0 Å². The summed E-state index contributed by atoms with van der Waals surface area (Å²) >= 11 is 0. The van der Waals surface area contributed by atoms with E-state index in [0.717, 1.165) is 44.3 Å². The fourth-order valence-corrected chi connectivity index (χ4v) is 3.02. The maximum absolute atomic E-state index is 12.4. The van der Waals surface area contributed by atoms with Gasteiger partial charge in [-0.1, -0.05) is 0 Å². The van der Waals surface area contributed by atoms with Crippen LogP contribution in [0.1, 0.15) is 10.4 Å². The van der Waals surface area contributed by atoms with E-state index in [1.54, 1.807) is 18.3 Å². The monoisotopic (exact) mass is 370 g/mol. The summed E-state index contributed by atoms with van der Waals surface area (Å²) in [6.07, 6.45) is 1.62. The van der Waals surface area contributed by atoms with E-state index in [1.807, 2.05) is 18.2 Å². The zero-order valence-electron chi connectivity index (χ0n) is 14.9. The van der Waals surface area contributed by atoms with Crippen molar-refractivity contribution in [1.82, 2.24) is 15.2 Å². The number of rotatable bonds is 6. The average Bonchev–Trinajstić information content (AvgIpc) is 3.17. The summed E-state index contributed by atoms with van der Waals surface area (Å²) in [5, 5.41) is 6.15. The van der Waals surface area contributed by atoms with Gasteiger partial charge in [0.1, 0.15) is 5.82 Å². The van der Waals surface area contributed by atoms with Crippen LogP contribution in [0.25, 0.3) is 0 Å². The topological polar surface area (TPSA) is 85.0 Å². The van der Waals surface area contributed by atoms with Crippen molar-refractivity contribution < 1.29 is 19.0 Å². The zero-order chi connectivity index (χ0) is 18.5. The van der Waals surface area contributed by atoms with Gasteiger partial charge >= 0.3 is 0 Å². The molecule has 8 nitrogen and oxygen atoms in total. The van der Waals surface area contributed by atoms with Crippen molar-refractivity contribution in [3.05, 3.63) is 42.1 Å². The summed E-state index contributed by atoms with van der Waals surface area (Å²) in [6, 6.07) is 9.00. The molecular formula is C19H22N4O4. The van der Waals surface area contributed by atoms with Crippen LogP contribution in [0.5, 0.6) is 11.5 Å². The van der Waals surface area contributed by atoms with Crippen molar-refractivity contribution in [3.8, 4) is 11.5 Å². The van der Waals surface area contributed by atoms with Gasteiger partial charge in [-0.3, -0.25) is 9.69 Å². The van der Waals surface area contributed by atoms with Gasteiger partial charge in [0.05, 0.1) is 13.2 Å². The van der Waals surface area contributed by atoms with Crippen LogP contribution >= 0.6 is 0 Å². The fraction of sp³-hybridized carbons (Fsp3) is 0.368. The summed E-state index contributed by atoms with van der Waals surface area (Å²) in [6.45, 7) is 5.00. The second kappa shape index (κ2) is 8.24. The quantitative estimate of drug-likeness (QED) is 0.799. The third-order valence-corrected chi connectivity index (χ3v) is 4.48. The lowest BCUT2D eigenvalue weighted by Crippen LogP contribution is -2.41. The number of fused-ring (bicyclic) bond motifs is 1. The van der Waals surface area contributed by atoms with Gasteiger partial charge in [0.15, 0.2) is 11.5 Å². The normalized spacial score (nSPS) is 16.1. The van der Waals surface area contributed by atoms with Crippen molar-refractivity contribution in [2.75, 3.05) is 51.5 Å². The van der Waals surface area contributed by atoms with E-state index in [2.05, 4.69) is 20.5 Å². The number of nitrogens with zero attached hydrogens (tertiary/aromatic N) is 2. The van der Waals surface area contributed by atoms with Gasteiger partial charge < -0.3 is 24.8 Å². The minimum atomic E-state index is -0.112. The highest BCUT2D eigenvalue weighted by Gasteiger charge is 2.14. The summed E-state index contributed by atoms with van der Waals surface area (Å²) in [5.41, 5.74) is 1.38. The van der Waals surface area contributed by atoms with Crippen LogP contribution in [0, 0.1) is 0 Å². The molecule has 27 heavy (non-hydrogen) atoms. The largest absolute Gasteiger partial charge is 0.454 e. The first-order valence-corrected chi connectivity index (χ1v) is 8.99. The molecule has 0 bridgehead atoms. The number of pyridine rings is 1. The van der Waals surface area contributed by atoms with Gasteiger partial charge in [-0.25, -0.2) is 4.98 Å². The number of carbonyl (C=O) groups is 1. The van der Waals surface area contributed by atoms with Crippen LogP contribution in [0.4, 0.5) is 11.5 Å². The number of benzene rings is 1. The van der Waals surface area contributed by atoms with Crippen molar-refractivity contribution in [3.63, 3.8) is 0 Å². The molecule has 0 unspecified atom stereocenters. The lowest BCUT2D eigenvalue weighted by Gasteiger charge is -2.26. The smallest absolute Gasteiger partial charge is 0.251 e. The van der Waals surface area contributed by atoms with Crippen LogP contribution in [-0.2, 0) is 4.74 Å². The molecule has 2 aliphatic heterocycles. The Morgan fingerprint density at radius 3 is 2.85 bits per heavy atom. The Hall–Kier alpha value is -2.84. The van der Waals surface area contributed by atoms with E-state index >= 15 is 0 Å². The van der Waals surface area contributed by atoms with E-state index in [0.29, 0.717) is 23.7 Å². The molecule has 0 spiro atoms. The second-order valence-corrected chi connectivity index (χ2v) is 6.33. The van der Waals surface area contributed by atoms with Crippen LogP contribution in [0.3, 0.4) is 0 Å². The molecule has 1 aromatic heterocycles. The molecule has 0 atom stereocenters. The number of carbonyl (C=O) groups excluding carboxylic acids is 1. The van der Waals surface area contributed by atoms with E-state index in [-0.39, 0.29) is 12.7 Å². The van der Waals surface area contributed by atoms with Crippen molar-refractivity contribution in [1.29, 1.82) is 0 Å². The number of aromatic nitrogens is 1. The minimum absolute atomic E-state index is 0.112. The number of hydrogen-bond donors (Lipinski definition) is 2. The minimum Gasteiger partial charge on any atom is -0.454 e. The summed E-state index contributed by atoms with van der Waals surface area (Å²) in [5.74, 6) is 1.90. The highest BCUT2D eigenvalue weighted by molar-refractivity contribution is 5.94. The maximum Gasteiger partial charge on any atom is 0.251 e. The predicted octanol–water partition coefficient (Wildman–Crippen LogP) is 1.62. The number of morpholine rings is 1. The van der Waals surface area contributed by atoms with Gasteiger partial charge in [-0.2, -0.15) is 0 Å². The van der Waals surface area contributed by atoms with Gasteiger partial charge in [0.25, 0.3) is 5.91 Å². The first-order chi connectivity index (χ1) is 13.3. The Kier molecular flexibility index (Phi) is 5.36. The Morgan fingerprint density at radius 2 is 1.96 bits per heavy atom. The number of hydrogen-bond acceptors (Lipinski definition) is 7. The molecule has 4 rings (SSSR count). The van der Waals surface area contributed by atoms with Gasteiger partial charge in [0, 0.05) is 49.7 Å². The highest BCUT2D eigenvalue weighted by Crippen LogP contribution is 2.34. The summed E-state index contributed by atoms with van der Waals surface area (Å²) in [4.78, 5) is 19.0. The number of ether oxygens (including phenoxy) is 3. The molecule has 2 aliphatic rings. The van der Waals surface area contributed by atoms with Crippen LogP contribution in [-0.4, -0.2) is 62.0 Å². The highest BCUT2D eigenvalue weighted by atomic mass is 16.7. The number of nitrogens with one attached hydrogen (secondary N) is 2. The zero-order valence-corrected chi connectivity index (χ0v) is 14.9. The van der Waals surface area contributed by atoms with E-state index in [9.17, 15) is 4.79 Å². The first-order valence-electron chi connectivity index (χ1n) is 8.99. The average molecular weight is 370 g/mol. The standard InChI is InChI=1S/C19H22N4O4/c24-19(21-5-6-23-7-9-25-10-8-23)14-3-4-20-18(11-14)22-15-1-2-16-17(12-15)27-13-26-16/h1-4,11-12H,5-10,13H2,(H,20,22)(H,21,24). The SMILES string of the molecule is O=C(NCCN1CCOCC1)c1ccnc(Nc2ccc3c(c2)OCO3)c1. The van der Waals surface area contributed by atoms with Crippen LogP contribution < -0.4 is 20.1 Å². The molecular weight excluding hydrogens is 348 g/mol. The maximum atomic E-state index is 12.4. The first kappa shape index (κ1) is 17.6. The Balaban J connectivity index is 1.33. The second-order valence-electron chi connectivity index (χ2n) is 6.33. The molecule has 2 N–H and O–H groups in total. The molecule has 2 aromatic rings. The van der Waals surface area contributed by atoms with Gasteiger partial charge in [-0.05, 0) is 24.3 Å². The van der Waals surface area contributed by atoms with E-state index in [1.165, 1.54) is 0 Å². The molecule has 3 heterocycles. The van der Waals surface area contributed by atoms with E-state index in [4.69, 9.17) is 14.2 Å². The molecule has 1 saturated heterocycles. The lowest BCUT2D eigenvalue weighted by atomic mass is 10.2. The third-order valence-electron chi connectivity index (χ3n) is 4.48. The summed E-state index contributed by atoms with van der Waals surface area (Å²) in [7, 11) is 0. The summed E-state index contributed by atoms with van der Waals surface area (Å²) < 4.78 is 16.0. The molecule has 0 saturated carbocycles. The molecule has 1 amide bonds. The Bertz CT molecular complexity index is 808. The molecule has 8 heteroatoms. The van der Waals surface area contributed by atoms with Gasteiger partial charge in [0.2, 0.25) is 6.79 Å². The van der Waals surface area contributed by atoms with Gasteiger partial charge in [-0.15, -0.1) is 0 Å². The molecule has 1 aromatic carbocycles. The molecule has 0 aliphatic carbocycles. The number of amides is 1. The molecule has 0 radical (unpaired) electrons. The number of anilines is 2. The third kappa shape index (κ3) is 4.47. The van der Waals surface area contributed by atoms with Crippen molar-refractivity contribution in [2.24, 2.45) is 0 Å². The lowest BCUT2D eigenvalue weighted by molar-refractivity contribution is 0.0383. The Labute approximate surface area is 157 Å².